The number of halogens is 2. The summed E-state index contributed by atoms with van der Waals surface area (Å²) in [5, 5.41) is 7.37. The largest absolute Gasteiger partial charge is 0.369 e. The molecule has 2 aromatic rings. The van der Waals surface area contributed by atoms with Gasteiger partial charge in [0.2, 0.25) is 5.91 Å². The second kappa shape index (κ2) is 11.9. The highest BCUT2D eigenvalue weighted by Crippen LogP contribution is 2.24. The minimum Gasteiger partial charge on any atom is -0.369 e. The molecule has 0 atom stereocenters. The van der Waals surface area contributed by atoms with Crippen molar-refractivity contribution in [3.8, 4) is 0 Å². The van der Waals surface area contributed by atoms with Crippen LogP contribution in [0.2, 0.25) is 5.02 Å². The Hall–Kier alpha value is -2.07. The molecule has 1 aliphatic rings. The van der Waals surface area contributed by atoms with Gasteiger partial charge >= 0.3 is 0 Å². The second-order valence-corrected chi connectivity index (χ2v) is 7.49. The van der Waals surface area contributed by atoms with Gasteiger partial charge in [0.15, 0.2) is 5.96 Å². The molecule has 30 heavy (non-hydrogen) atoms. The number of nitrogens with zero attached hydrogens (tertiary/aromatic N) is 3. The van der Waals surface area contributed by atoms with Crippen molar-refractivity contribution in [2.24, 2.45) is 16.6 Å². The van der Waals surface area contributed by atoms with E-state index in [2.05, 4.69) is 31.6 Å². The minimum atomic E-state index is -0.205. The van der Waals surface area contributed by atoms with Crippen molar-refractivity contribution < 1.29 is 4.79 Å². The van der Waals surface area contributed by atoms with E-state index in [0.717, 1.165) is 47.9 Å². The molecule has 9 heteroatoms. The van der Waals surface area contributed by atoms with Crippen LogP contribution in [-0.4, -0.2) is 37.0 Å². The molecule has 0 radical (unpaired) electrons. The van der Waals surface area contributed by atoms with Gasteiger partial charge in [-0.15, -0.1) is 24.0 Å². The molecule has 0 unspecified atom stereocenters. The van der Waals surface area contributed by atoms with Crippen LogP contribution in [0.25, 0.3) is 0 Å². The van der Waals surface area contributed by atoms with Crippen LogP contribution in [0.15, 0.2) is 47.6 Å². The quantitative estimate of drug-likeness (QED) is 0.296. The maximum atomic E-state index is 11.4. The first-order chi connectivity index (χ1) is 14.1. The number of nitrogens with two attached hydrogens (primary N) is 1. The third-order valence-corrected chi connectivity index (χ3v) is 5.36. The monoisotopic (exact) mass is 542 g/mol. The van der Waals surface area contributed by atoms with Crippen LogP contribution in [0.5, 0.6) is 0 Å². The number of hydrogen-bond donors (Lipinski definition) is 3. The van der Waals surface area contributed by atoms with E-state index in [1.54, 1.807) is 13.2 Å². The Morgan fingerprint density at radius 2 is 1.87 bits per heavy atom. The van der Waals surface area contributed by atoms with Gasteiger partial charge in [-0.1, -0.05) is 29.8 Å². The normalized spacial score (nSPS) is 14.7. The van der Waals surface area contributed by atoms with Gasteiger partial charge in [0.25, 0.3) is 0 Å². The lowest BCUT2D eigenvalue weighted by Crippen LogP contribution is -2.40. The number of hydrogen-bond acceptors (Lipinski definition) is 4. The topological polar surface area (TPSA) is 95.6 Å². The second-order valence-electron chi connectivity index (χ2n) is 7.06. The van der Waals surface area contributed by atoms with E-state index in [1.807, 2.05) is 30.3 Å². The fraction of sp³-hybridized carbons (Fsp3) is 0.381. The molecule has 1 aliphatic heterocycles. The van der Waals surface area contributed by atoms with Crippen LogP contribution >= 0.6 is 35.6 Å². The molecule has 2 heterocycles. The van der Waals surface area contributed by atoms with Crippen molar-refractivity contribution in [3.63, 3.8) is 0 Å². The van der Waals surface area contributed by atoms with Gasteiger partial charge < -0.3 is 21.3 Å². The number of aromatic nitrogens is 1. The van der Waals surface area contributed by atoms with Crippen LogP contribution < -0.4 is 21.3 Å². The van der Waals surface area contributed by atoms with Crippen molar-refractivity contribution in [3.05, 3.63) is 58.7 Å². The van der Waals surface area contributed by atoms with Gasteiger partial charge in [0.05, 0.1) is 0 Å². The first-order valence-corrected chi connectivity index (χ1v) is 10.1. The number of benzene rings is 1. The third kappa shape index (κ3) is 6.73. The molecule has 0 bridgehead atoms. The Bertz CT molecular complexity index is 853. The van der Waals surface area contributed by atoms with E-state index in [-0.39, 0.29) is 35.8 Å². The molecule has 7 nitrogen and oxygen atoms in total. The van der Waals surface area contributed by atoms with Crippen molar-refractivity contribution in [2.45, 2.75) is 25.9 Å². The number of carbonyl (C=O) groups excluding carboxylic acids is 1. The summed E-state index contributed by atoms with van der Waals surface area (Å²) in [6, 6.07) is 11.7. The average Bonchev–Trinajstić information content (AvgIpc) is 2.75. The Morgan fingerprint density at radius 1 is 1.20 bits per heavy atom. The van der Waals surface area contributed by atoms with E-state index in [9.17, 15) is 4.79 Å². The molecule has 1 fully saturated rings. The van der Waals surface area contributed by atoms with Crippen molar-refractivity contribution >= 4 is 53.3 Å². The van der Waals surface area contributed by atoms with Crippen molar-refractivity contribution in [2.75, 3.05) is 25.0 Å². The van der Waals surface area contributed by atoms with E-state index in [1.165, 1.54) is 0 Å². The molecule has 1 aromatic carbocycles. The van der Waals surface area contributed by atoms with Gasteiger partial charge in [-0.25, -0.2) is 4.98 Å². The zero-order valence-electron chi connectivity index (χ0n) is 17.0. The summed E-state index contributed by atoms with van der Waals surface area (Å²) < 4.78 is 0. The highest BCUT2D eigenvalue weighted by Gasteiger charge is 2.24. The number of anilines is 1. The molecule has 4 N–H and O–H groups in total. The number of primary amides is 1. The van der Waals surface area contributed by atoms with E-state index in [4.69, 9.17) is 17.3 Å². The Kier molecular flexibility index (Phi) is 9.64. The molecule has 0 saturated carbocycles. The number of nitrogens with one attached hydrogen (secondary N) is 2. The fourth-order valence-electron chi connectivity index (χ4n) is 3.42. The smallest absolute Gasteiger partial charge is 0.220 e. The molecule has 162 valence electrons. The highest BCUT2D eigenvalue weighted by molar-refractivity contribution is 14.0. The first kappa shape index (κ1) is 24.2. The van der Waals surface area contributed by atoms with E-state index < -0.39 is 0 Å². The number of guanidine groups is 1. The van der Waals surface area contributed by atoms with E-state index in [0.29, 0.717) is 19.0 Å². The molecule has 0 spiro atoms. The fourth-order valence-corrected chi connectivity index (χ4v) is 3.54. The summed E-state index contributed by atoms with van der Waals surface area (Å²) in [4.78, 5) is 22.5. The van der Waals surface area contributed by atoms with Crippen LogP contribution in [0.3, 0.4) is 0 Å². The minimum absolute atomic E-state index is 0. The average molecular weight is 543 g/mol. The van der Waals surface area contributed by atoms with Gasteiger partial charge in [0, 0.05) is 55.9 Å². The van der Waals surface area contributed by atoms with Crippen LogP contribution in [0.1, 0.15) is 24.0 Å². The summed E-state index contributed by atoms with van der Waals surface area (Å²) >= 11 is 5.93. The van der Waals surface area contributed by atoms with Crippen LogP contribution in [0, 0.1) is 5.92 Å². The van der Waals surface area contributed by atoms with Crippen molar-refractivity contribution in [1.82, 2.24) is 15.6 Å². The molecule has 0 aliphatic carbocycles. The third-order valence-electron chi connectivity index (χ3n) is 5.11. The number of aliphatic imine (C=N–C) groups is 1. The number of carbonyl (C=O) groups is 1. The predicted octanol–water partition coefficient (Wildman–Crippen LogP) is 2.92. The summed E-state index contributed by atoms with van der Waals surface area (Å²) in [6.45, 7) is 2.80. The summed E-state index contributed by atoms with van der Waals surface area (Å²) in [6.07, 6.45) is 3.33. The lowest BCUT2D eigenvalue weighted by molar-refractivity contribution is -0.122. The number of amides is 1. The molecular formula is C21H28ClIN6O. The van der Waals surface area contributed by atoms with Crippen molar-refractivity contribution in [1.29, 1.82) is 0 Å². The molecule has 3 rings (SSSR count). The standard InChI is InChI=1S/C21H27ClN6O.HI/c1-24-21(26-13-15-4-6-18(22)7-5-15)27-14-17-3-2-10-25-20(17)28-11-8-16(9-12-28)19(23)29;/h2-7,10,16H,8-9,11-14H2,1H3,(H2,23,29)(H2,24,26,27);1H. The highest BCUT2D eigenvalue weighted by atomic mass is 127. The molecule has 1 aromatic heterocycles. The van der Waals surface area contributed by atoms with Gasteiger partial charge in [-0.2, -0.15) is 0 Å². The SMILES string of the molecule is CN=C(NCc1ccc(Cl)cc1)NCc1cccnc1N1CCC(C(N)=O)CC1.I. The van der Waals surface area contributed by atoms with Crippen LogP contribution in [0.4, 0.5) is 5.82 Å². The summed E-state index contributed by atoms with van der Waals surface area (Å²) in [7, 11) is 1.75. The summed E-state index contributed by atoms with van der Waals surface area (Å²) in [5.74, 6) is 1.41. The Labute approximate surface area is 199 Å². The Balaban J connectivity index is 0.00000320. The zero-order chi connectivity index (χ0) is 20.6. The number of piperidine rings is 1. The molecule has 1 saturated heterocycles. The van der Waals surface area contributed by atoms with E-state index >= 15 is 0 Å². The number of rotatable bonds is 6. The molecule has 1 amide bonds. The molecular weight excluding hydrogens is 515 g/mol. The zero-order valence-corrected chi connectivity index (χ0v) is 20.1. The summed E-state index contributed by atoms with van der Waals surface area (Å²) in [5.41, 5.74) is 7.65. The Morgan fingerprint density at radius 3 is 2.50 bits per heavy atom. The van der Waals surface area contributed by atoms with Crippen LogP contribution in [-0.2, 0) is 17.9 Å². The van der Waals surface area contributed by atoms with Gasteiger partial charge in [-0.3, -0.25) is 9.79 Å². The first-order valence-electron chi connectivity index (χ1n) is 9.74. The lowest BCUT2D eigenvalue weighted by Gasteiger charge is -2.32. The number of pyridine rings is 1. The predicted molar refractivity (Wildman–Crippen MR) is 132 cm³/mol. The van der Waals surface area contributed by atoms with Gasteiger partial charge in [-0.05, 0) is 36.6 Å². The maximum Gasteiger partial charge on any atom is 0.220 e. The lowest BCUT2D eigenvalue weighted by atomic mass is 9.96. The van der Waals surface area contributed by atoms with Gasteiger partial charge in [0.1, 0.15) is 5.82 Å². The maximum absolute atomic E-state index is 11.4.